The van der Waals surface area contributed by atoms with Crippen molar-refractivity contribution in [2.45, 2.75) is 12.8 Å². The quantitative estimate of drug-likeness (QED) is 0.548. The third kappa shape index (κ3) is 4.43. The highest BCUT2D eigenvalue weighted by Gasteiger charge is 2.01. The van der Waals surface area contributed by atoms with Crippen molar-refractivity contribution in [3.05, 3.63) is 90.3 Å². The summed E-state index contributed by atoms with van der Waals surface area (Å²) in [6, 6.07) is 21.9. The number of hydrogen-bond acceptors (Lipinski definition) is 2. The molecule has 0 radical (unpaired) electrons. The van der Waals surface area contributed by atoms with Gasteiger partial charge in [-0.2, -0.15) is 5.10 Å². The number of carbonyl (C=O) groups excluding carboxylic acids is 1. The van der Waals surface area contributed by atoms with E-state index in [1.807, 2.05) is 83.7 Å². The Hall–Kier alpha value is -3.14. The van der Waals surface area contributed by atoms with Crippen LogP contribution in [0.3, 0.4) is 0 Å². The Kier molecular flexibility index (Phi) is 5.20. The number of carbonyl (C=O) groups is 1. The van der Waals surface area contributed by atoms with E-state index >= 15 is 0 Å². The highest BCUT2D eigenvalue weighted by Crippen LogP contribution is 2.09. The number of para-hydroxylation sites is 1. The Labute approximate surface area is 141 Å². The van der Waals surface area contributed by atoms with Gasteiger partial charge in [0.2, 0.25) is 5.91 Å². The van der Waals surface area contributed by atoms with E-state index in [1.165, 1.54) is 0 Å². The van der Waals surface area contributed by atoms with E-state index in [1.54, 1.807) is 6.21 Å². The molecule has 4 heteroatoms. The molecule has 24 heavy (non-hydrogen) atoms. The van der Waals surface area contributed by atoms with Crippen molar-refractivity contribution in [2.24, 2.45) is 5.10 Å². The maximum atomic E-state index is 11.8. The summed E-state index contributed by atoms with van der Waals surface area (Å²) in [7, 11) is 0. The lowest BCUT2D eigenvalue weighted by molar-refractivity contribution is -0.121. The number of amides is 1. The molecule has 0 fully saturated rings. The molecule has 2 aromatic carbocycles. The average molecular weight is 317 g/mol. The molecule has 120 valence electrons. The number of hydrogen-bond donors (Lipinski definition) is 1. The van der Waals surface area contributed by atoms with Crippen LogP contribution in [0.15, 0.2) is 84.2 Å². The SMILES string of the molecule is O=C(CCc1ccccc1)N/N=C/c1ccn(-c2ccccc2)c1. The number of hydrazone groups is 1. The van der Waals surface area contributed by atoms with Crippen molar-refractivity contribution in [1.29, 1.82) is 0 Å². The maximum Gasteiger partial charge on any atom is 0.240 e. The minimum Gasteiger partial charge on any atom is -0.323 e. The summed E-state index contributed by atoms with van der Waals surface area (Å²) in [6.07, 6.45) is 6.72. The Morgan fingerprint density at radius 2 is 1.71 bits per heavy atom. The van der Waals surface area contributed by atoms with Crippen LogP contribution in [-0.2, 0) is 11.2 Å². The zero-order valence-electron chi connectivity index (χ0n) is 13.3. The molecule has 1 N–H and O–H groups in total. The van der Waals surface area contributed by atoms with Crippen molar-refractivity contribution in [3.8, 4) is 5.69 Å². The van der Waals surface area contributed by atoms with Crippen LogP contribution in [0.1, 0.15) is 17.5 Å². The number of rotatable bonds is 6. The maximum absolute atomic E-state index is 11.8. The Morgan fingerprint density at radius 3 is 2.46 bits per heavy atom. The van der Waals surface area contributed by atoms with E-state index in [9.17, 15) is 4.79 Å². The molecule has 4 nitrogen and oxygen atoms in total. The minimum atomic E-state index is -0.0856. The topological polar surface area (TPSA) is 46.4 Å². The van der Waals surface area contributed by atoms with Gasteiger partial charge in [-0.25, -0.2) is 5.43 Å². The van der Waals surface area contributed by atoms with Gasteiger partial charge in [-0.3, -0.25) is 4.79 Å². The number of nitrogens with zero attached hydrogens (tertiary/aromatic N) is 2. The summed E-state index contributed by atoms with van der Waals surface area (Å²) in [5.41, 5.74) is 5.74. The molecule has 0 saturated heterocycles. The Balaban J connectivity index is 1.49. The normalized spacial score (nSPS) is 10.8. The van der Waals surface area contributed by atoms with E-state index in [0.717, 1.165) is 16.8 Å². The van der Waals surface area contributed by atoms with Gasteiger partial charge in [-0.15, -0.1) is 0 Å². The molecule has 3 rings (SSSR count). The fourth-order valence-corrected chi connectivity index (χ4v) is 2.39. The summed E-state index contributed by atoms with van der Waals surface area (Å²) in [4.78, 5) is 11.8. The molecule has 0 saturated carbocycles. The fourth-order valence-electron chi connectivity index (χ4n) is 2.39. The molecule has 3 aromatic rings. The monoisotopic (exact) mass is 317 g/mol. The van der Waals surface area contributed by atoms with Gasteiger partial charge in [0.05, 0.1) is 6.21 Å². The van der Waals surface area contributed by atoms with Crippen molar-refractivity contribution in [2.75, 3.05) is 0 Å². The second kappa shape index (κ2) is 7.92. The first kappa shape index (κ1) is 15.7. The standard InChI is InChI=1S/C20H19N3O/c24-20(12-11-17-7-3-1-4-8-17)22-21-15-18-13-14-23(16-18)19-9-5-2-6-10-19/h1-10,13-16H,11-12H2,(H,22,24)/b21-15+. The summed E-state index contributed by atoms with van der Waals surface area (Å²) < 4.78 is 2.01. The molecule has 0 aliphatic rings. The summed E-state index contributed by atoms with van der Waals surface area (Å²) >= 11 is 0. The second-order valence-electron chi connectivity index (χ2n) is 5.47. The molecule has 0 aliphatic carbocycles. The molecule has 1 heterocycles. The number of aryl methyl sites for hydroxylation is 1. The van der Waals surface area contributed by atoms with E-state index in [4.69, 9.17) is 0 Å². The Morgan fingerprint density at radius 1 is 1.00 bits per heavy atom. The zero-order chi connectivity index (χ0) is 16.6. The van der Waals surface area contributed by atoms with E-state index < -0.39 is 0 Å². The summed E-state index contributed by atoms with van der Waals surface area (Å²) in [5, 5.41) is 4.02. The van der Waals surface area contributed by atoms with Gasteiger partial charge in [0.15, 0.2) is 0 Å². The number of aromatic nitrogens is 1. The highest BCUT2D eigenvalue weighted by atomic mass is 16.2. The van der Waals surface area contributed by atoms with Crippen molar-refractivity contribution in [1.82, 2.24) is 9.99 Å². The molecular weight excluding hydrogens is 298 g/mol. The summed E-state index contributed by atoms with van der Waals surface area (Å²) in [6.45, 7) is 0. The van der Waals surface area contributed by atoms with Gasteiger partial charge in [0.25, 0.3) is 0 Å². The first-order valence-corrected chi connectivity index (χ1v) is 7.90. The predicted octanol–water partition coefficient (Wildman–Crippen LogP) is 3.56. The van der Waals surface area contributed by atoms with Crippen LogP contribution in [-0.4, -0.2) is 16.7 Å². The lowest BCUT2D eigenvalue weighted by Crippen LogP contribution is -2.17. The molecule has 0 aliphatic heterocycles. The van der Waals surface area contributed by atoms with Gasteiger partial charge in [0, 0.05) is 30.1 Å². The Bertz CT molecular complexity index is 807. The molecule has 0 bridgehead atoms. The third-order valence-electron chi connectivity index (χ3n) is 3.66. The number of benzene rings is 2. The zero-order valence-corrected chi connectivity index (χ0v) is 13.3. The van der Waals surface area contributed by atoms with Crippen molar-refractivity contribution >= 4 is 12.1 Å². The molecule has 0 spiro atoms. The van der Waals surface area contributed by atoms with Crippen LogP contribution in [0.4, 0.5) is 0 Å². The van der Waals surface area contributed by atoms with Gasteiger partial charge >= 0.3 is 0 Å². The van der Waals surface area contributed by atoms with E-state index in [2.05, 4.69) is 10.5 Å². The van der Waals surface area contributed by atoms with Crippen LogP contribution in [0.2, 0.25) is 0 Å². The van der Waals surface area contributed by atoms with Crippen molar-refractivity contribution in [3.63, 3.8) is 0 Å². The van der Waals surface area contributed by atoms with E-state index in [0.29, 0.717) is 12.8 Å². The smallest absolute Gasteiger partial charge is 0.240 e. The average Bonchev–Trinajstić information content (AvgIpc) is 3.11. The molecule has 0 unspecified atom stereocenters. The lowest BCUT2D eigenvalue weighted by atomic mass is 10.1. The van der Waals surface area contributed by atoms with Crippen molar-refractivity contribution < 1.29 is 4.79 Å². The van der Waals surface area contributed by atoms with Crippen LogP contribution in [0.5, 0.6) is 0 Å². The van der Waals surface area contributed by atoms with Gasteiger partial charge < -0.3 is 4.57 Å². The molecule has 0 atom stereocenters. The molecule has 1 amide bonds. The second-order valence-corrected chi connectivity index (χ2v) is 5.47. The van der Waals surface area contributed by atoms with Gasteiger partial charge in [-0.05, 0) is 30.2 Å². The van der Waals surface area contributed by atoms with Crippen LogP contribution >= 0.6 is 0 Å². The fraction of sp³-hybridized carbons (Fsp3) is 0.100. The summed E-state index contributed by atoms with van der Waals surface area (Å²) in [5.74, 6) is -0.0856. The van der Waals surface area contributed by atoms with Gasteiger partial charge in [-0.1, -0.05) is 48.5 Å². The molecular formula is C20H19N3O. The predicted molar refractivity (Wildman–Crippen MR) is 96.3 cm³/mol. The first-order valence-electron chi connectivity index (χ1n) is 7.90. The largest absolute Gasteiger partial charge is 0.323 e. The van der Waals surface area contributed by atoms with Crippen LogP contribution < -0.4 is 5.43 Å². The molecule has 1 aromatic heterocycles. The first-order chi connectivity index (χ1) is 11.8. The highest BCUT2D eigenvalue weighted by molar-refractivity contribution is 5.82. The van der Waals surface area contributed by atoms with Crippen LogP contribution in [0, 0.1) is 0 Å². The lowest BCUT2D eigenvalue weighted by Gasteiger charge is -2.01. The number of nitrogens with one attached hydrogen (secondary N) is 1. The van der Waals surface area contributed by atoms with E-state index in [-0.39, 0.29) is 5.91 Å². The van der Waals surface area contributed by atoms with Gasteiger partial charge in [0.1, 0.15) is 0 Å². The third-order valence-corrected chi connectivity index (χ3v) is 3.66. The van der Waals surface area contributed by atoms with Crippen LogP contribution in [0.25, 0.3) is 5.69 Å². The minimum absolute atomic E-state index is 0.0856.